The van der Waals surface area contributed by atoms with Gasteiger partial charge in [0.05, 0.1) is 6.10 Å². The largest absolute Gasteiger partial charge is 0.481 e. The number of hydrogen-bond donors (Lipinski definition) is 4. The Morgan fingerprint density at radius 2 is 2.13 bits per heavy atom. The second kappa shape index (κ2) is 9.43. The molecule has 1 saturated carbocycles. The molecule has 130 valence electrons. The van der Waals surface area contributed by atoms with Crippen molar-refractivity contribution in [2.75, 3.05) is 12.3 Å². The third-order valence-corrected chi connectivity index (χ3v) is 4.17. The van der Waals surface area contributed by atoms with Gasteiger partial charge in [0.1, 0.15) is 0 Å². The molecule has 0 unspecified atom stereocenters. The van der Waals surface area contributed by atoms with Crippen LogP contribution in [0.1, 0.15) is 19.8 Å². The van der Waals surface area contributed by atoms with E-state index in [0.29, 0.717) is 30.3 Å². The minimum Gasteiger partial charge on any atom is -0.481 e. The van der Waals surface area contributed by atoms with E-state index in [1.165, 1.54) is 11.8 Å². The molecule has 0 aromatic carbocycles. The predicted octanol–water partition coefficient (Wildman–Crippen LogP) is -1.39. The Labute approximate surface area is 137 Å². The minimum absolute atomic E-state index is 0.0382. The number of amides is 1. The Hall–Kier alpha value is -1.72. The zero-order valence-electron chi connectivity index (χ0n) is 13.0. The van der Waals surface area contributed by atoms with Gasteiger partial charge < -0.3 is 21.3 Å². The maximum atomic E-state index is 11.8. The van der Waals surface area contributed by atoms with Gasteiger partial charge in [-0.25, -0.2) is 4.68 Å². The summed E-state index contributed by atoms with van der Waals surface area (Å²) in [6, 6.07) is -0.283. The van der Waals surface area contributed by atoms with Crippen molar-refractivity contribution in [2.24, 2.45) is 18.7 Å². The van der Waals surface area contributed by atoms with Crippen LogP contribution in [0.3, 0.4) is 0 Å². The number of aliphatic hydroxyl groups excluding tert-OH is 1. The van der Waals surface area contributed by atoms with E-state index in [2.05, 4.69) is 20.8 Å². The zero-order chi connectivity index (χ0) is 17.4. The van der Waals surface area contributed by atoms with E-state index < -0.39 is 12.1 Å². The fraction of sp³-hybridized carbons (Fsp3) is 0.750. The number of tetrazole rings is 1. The topological polar surface area (TPSA) is 156 Å². The van der Waals surface area contributed by atoms with Gasteiger partial charge in [0.25, 0.3) is 5.97 Å². The number of aromatic nitrogens is 4. The molecule has 0 saturated heterocycles. The molecule has 10 nitrogen and oxygen atoms in total. The lowest BCUT2D eigenvalue weighted by molar-refractivity contribution is -0.134. The van der Waals surface area contributed by atoms with Gasteiger partial charge in [-0.1, -0.05) is 11.8 Å². The smallest absolute Gasteiger partial charge is 0.300 e. The highest BCUT2D eigenvalue weighted by Crippen LogP contribution is 2.24. The number of nitrogens with one attached hydrogen (secondary N) is 1. The minimum atomic E-state index is -0.833. The van der Waals surface area contributed by atoms with Crippen molar-refractivity contribution < 1.29 is 19.8 Å². The van der Waals surface area contributed by atoms with Gasteiger partial charge in [-0.15, -0.1) is 5.10 Å². The van der Waals surface area contributed by atoms with Crippen LogP contribution < -0.4 is 11.1 Å². The first-order valence-electron chi connectivity index (χ1n) is 7.07. The Morgan fingerprint density at radius 3 is 2.61 bits per heavy atom. The monoisotopic (exact) mass is 346 g/mol. The van der Waals surface area contributed by atoms with Gasteiger partial charge >= 0.3 is 0 Å². The number of nitrogens with zero attached hydrogens (tertiary/aromatic N) is 4. The summed E-state index contributed by atoms with van der Waals surface area (Å²) in [7, 11) is 1.77. The number of nitrogens with two attached hydrogens (primary N) is 1. The first-order valence-corrected chi connectivity index (χ1v) is 8.05. The molecule has 1 aliphatic carbocycles. The average Bonchev–Trinajstić information content (AvgIpc) is 3.01. The Kier molecular flexibility index (Phi) is 7.92. The molecule has 5 N–H and O–H groups in total. The van der Waals surface area contributed by atoms with Gasteiger partial charge in [-0.05, 0) is 23.3 Å². The van der Waals surface area contributed by atoms with E-state index in [0.717, 1.165) is 6.92 Å². The Balaban J connectivity index is 0.000000593. The third kappa shape index (κ3) is 6.93. The van der Waals surface area contributed by atoms with Crippen LogP contribution in [0, 0.1) is 5.92 Å². The molecule has 1 amide bonds. The van der Waals surface area contributed by atoms with E-state index in [-0.39, 0.29) is 17.9 Å². The normalized spacial score (nSPS) is 23.0. The lowest BCUT2D eigenvalue weighted by atomic mass is 10.1. The number of aliphatic carboxylic acids is 1. The molecule has 0 bridgehead atoms. The molecule has 1 fully saturated rings. The molecule has 1 aromatic heterocycles. The zero-order valence-corrected chi connectivity index (χ0v) is 13.9. The summed E-state index contributed by atoms with van der Waals surface area (Å²) in [5, 5.41) is 31.6. The quantitative estimate of drug-likeness (QED) is 0.372. The summed E-state index contributed by atoms with van der Waals surface area (Å²) in [6.07, 6.45) is 0.440. The molecule has 1 aliphatic rings. The van der Waals surface area contributed by atoms with Gasteiger partial charge in [0.2, 0.25) is 11.1 Å². The summed E-state index contributed by atoms with van der Waals surface area (Å²) in [5.41, 5.74) is 5.68. The fourth-order valence-electron chi connectivity index (χ4n) is 2.07. The predicted molar refractivity (Wildman–Crippen MR) is 82.5 cm³/mol. The van der Waals surface area contributed by atoms with Crippen LogP contribution in [0.4, 0.5) is 0 Å². The van der Waals surface area contributed by atoms with Crippen LogP contribution in [0.25, 0.3) is 0 Å². The van der Waals surface area contributed by atoms with Crippen molar-refractivity contribution in [3.05, 3.63) is 0 Å². The number of thioether (sulfide) groups is 1. The second-order valence-corrected chi connectivity index (χ2v) is 6.21. The van der Waals surface area contributed by atoms with E-state index in [1.54, 1.807) is 11.7 Å². The molecule has 1 heterocycles. The van der Waals surface area contributed by atoms with Crippen molar-refractivity contribution in [3.8, 4) is 0 Å². The van der Waals surface area contributed by atoms with Crippen LogP contribution in [0.15, 0.2) is 5.16 Å². The first-order chi connectivity index (χ1) is 10.8. The summed E-state index contributed by atoms with van der Waals surface area (Å²) in [5.74, 6) is -0.350. The molecule has 11 heteroatoms. The number of carboxylic acid groups (broad SMARTS) is 1. The molecule has 23 heavy (non-hydrogen) atoms. The second-order valence-electron chi connectivity index (χ2n) is 5.14. The van der Waals surface area contributed by atoms with Crippen molar-refractivity contribution in [1.82, 2.24) is 25.5 Å². The van der Waals surface area contributed by atoms with Crippen molar-refractivity contribution in [1.29, 1.82) is 0 Å². The SMILES string of the molecule is CC(=O)O.Cn1nnnc1SCCNC(=O)[C@H]1C[C@H](N)[C@@H](O)C1. The molecular weight excluding hydrogens is 324 g/mol. The van der Waals surface area contributed by atoms with Crippen LogP contribution in [-0.4, -0.2) is 66.7 Å². The number of aliphatic hydroxyl groups is 1. The maximum Gasteiger partial charge on any atom is 0.300 e. The highest BCUT2D eigenvalue weighted by atomic mass is 32.2. The summed E-state index contributed by atoms with van der Waals surface area (Å²) < 4.78 is 1.58. The third-order valence-electron chi connectivity index (χ3n) is 3.16. The van der Waals surface area contributed by atoms with Crippen molar-refractivity contribution in [3.63, 3.8) is 0 Å². The van der Waals surface area contributed by atoms with E-state index in [4.69, 9.17) is 15.6 Å². The maximum absolute atomic E-state index is 11.8. The van der Waals surface area contributed by atoms with E-state index in [9.17, 15) is 9.90 Å². The average molecular weight is 346 g/mol. The highest BCUT2D eigenvalue weighted by molar-refractivity contribution is 7.99. The van der Waals surface area contributed by atoms with Crippen LogP contribution in [0.5, 0.6) is 0 Å². The standard InChI is InChI=1S/C10H18N6O2S.C2H4O2/c1-16-10(13-14-15-16)19-3-2-12-9(18)6-4-7(11)8(17)5-6;1-2(3)4/h6-8,17H,2-5,11H2,1H3,(H,12,18);1H3,(H,3,4)/t6-,7-,8-;/m0./s1. The highest BCUT2D eigenvalue weighted by Gasteiger charge is 2.34. The van der Waals surface area contributed by atoms with E-state index >= 15 is 0 Å². The molecule has 1 aromatic rings. The fourth-order valence-corrected chi connectivity index (χ4v) is 2.77. The number of carboxylic acids is 1. The molecule has 0 aliphatic heterocycles. The molecule has 3 atom stereocenters. The summed E-state index contributed by atoms with van der Waals surface area (Å²) >= 11 is 1.48. The van der Waals surface area contributed by atoms with Crippen molar-refractivity contribution in [2.45, 2.75) is 37.1 Å². The summed E-state index contributed by atoms with van der Waals surface area (Å²) in [6.45, 7) is 1.62. The van der Waals surface area contributed by atoms with Crippen LogP contribution in [0.2, 0.25) is 0 Å². The van der Waals surface area contributed by atoms with Gasteiger partial charge in [-0.2, -0.15) is 0 Å². The van der Waals surface area contributed by atoms with Gasteiger partial charge in [-0.3, -0.25) is 9.59 Å². The lowest BCUT2D eigenvalue weighted by Gasteiger charge is -2.09. The number of carbonyl (C=O) groups excluding carboxylic acids is 1. The van der Waals surface area contributed by atoms with E-state index in [1.807, 2.05) is 0 Å². The number of carbonyl (C=O) groups is 2. The molecule has 0 spiro atoms. The molecular formula is C12H22N6O4S. The molecule has 0 radical (unpaired) electrons. The summed E-state index contributed by atoms with van der Waals surface area (Å²) in [4.78, 5) is 20.8. The lowest BCUT2D eigenvalue weighted by Crippen LogP contribution is -2.32. The van der Waals surface area contributed by atoms with Gasteiger partial charge in [0.15, 0.2) is 0 Å². The van der Waals surface area contributed by atoms with Crippen LogP contribution in [-0.2, 0) is 16.6 Å². The van der Waals surface area contributed by atoms with Crippen LogP contribution >= 0.6 is 11.8 Å². The number of aryl methyl sites for hydroxylation is 1. The number of hydrogen-bond acceptors (Lipinski definition) is 8. The first kappa shape index (κ1) is 19.3. The van der Waals surface area contributed by atoms with Gasteiger partial charge in [0, 0.05) is 38.2 Å². The molecule has 2 rings (SSSR count). The Morgan fingerprint density at radius 1 is 1.48 bits per heavy atom. The van der Waals surface area contributed by atoms with Crippen molar-refractivity contribution >= 4 is 23.6 Å². The number of rotatable bonds is 5. The Bertz CT molecular complexity index is 511.